The highest BCUT2D eigenvalue weighted by Gasteiger charge is 2.60. The van der Waals surface area contributed by atoms with Gasteiger partial charge in [-0.1, -0.05) is 85.0 Å². The minimum Gasteiger partial charge on any atom is -0.334 e. The van der Waals surface area contributed by atoms with E-state index in [-0.39, 0.29) is 17.3 Å². The SMILES string of the molecule is Fc1ccc(N(c2ccc3c(c2)C24C5=C(C=CC[C@@H]5c5cccc-3c52)c2ccccc24)[C@H]2C=CC=CC2)cc1. The number of anilines is 2. The maximum Gasteiger partial charge on any atom is 0.123 e. The second kappa shape index (κ2) is 7.57. The summed E-state index contributed by atoms with van der Waals surface area (Å²) in [5.74, 6) is 0.210. The van der Waals surface area contributed by atoms with Gasteiger partial charge in [-0.2, -0.15) is 0 Å². The number of halogens is 1. The van der Waals surface area contributed by atoms with Gasteiger partial charge in [0.05, 0.1) is 11.5 Å². The molecular formula is C37H26FN. The first-order valence-electron chi connectivity index (χ1n) is 13.9. The van der Waals surface area contributed by atoms with Crippen molar-refractivity contribution in [3.05, 3.63) is 161 Å². The highest BCUT2D eigenvalue weighted by molar-refractivity contribution is 6.01. The van der Waals surface area contributed by atoms with Gasteiger partial charge in [-0.3, -0.25) is 0 Å². The van der Waals surface area contributed by atoms with Crippen LogP contribution in [-0.2, 0) is 5.41 Å². The maximum atomic E-state index is 14.0. The summed E-state index contributed by atoms with van der Waals surface area (Å²) in [6.45, 7) is 0. The molecule has 0 fully saturated rings. The maximum absolute atomic E-state index is 14.0. The van der Waals surface area contributed by atoms with Gasteiger partial charge in [0.1, 0.15) is 5.82 Å². The fourth-order valence-corrected chi connectivity index (χ4v) is 8.21. The number of benzene rings is 4. The van der Waals surface area contributed by atoms with Gasteiger partial charge in [-0.25, -0.2) is 4.39 Å². The highest BCUT2D eigenvalue weighted by Crippen LogP contribution is 2.71. The number of rotatable bonds is 3. The average molecular weight is 504 g/mol. The molecule has 0 amide bonds. The van der Waals surface area contributed by atoms with Crippen molar-refractivity contribution in [1.29, 1.82) is 0 Å². The van der Waals surface area contributed by atoms with E-state index in [1.807, 2.05) is 12.1 Å². The lowest BCUT2D eigenvalue weighted by atomic mass is 9.71. The highest BCUT2D eigenvalue weighted by atomic mass is 19.1. The normalized spacial score (nSPS) is 24.0. The Morgan fingerprint density at radius 1 is 0.718 bits per heavy atom. The van der Waals surface area contributed by atoms with Crippen molar-refractivity contribution in [1.82, 2.24) is 0 Å². The molecule has 9 rings (SSSR count). The lowest BCUT2D eigenvalue weighted by Crippen LogP contribution is -2.30. The molecule has 2 heteroatoms. The molecule has 0 saturated carbocycles. The van der Waals surface area contributed by atoms with Crippen LogP contribution in [0.1, 0.15) is 46.6 Å². The number of hydrogen-bond donors (Lipinski definition) is 0. The number of hydrogen-bond acceptors (Lipinski definition) is 1. The van der Waals surface area contributed by atoms with Gasteiger partial charge in [0.2, 0.25) is 0 Å². The van der Waals surface area contributed by atoms with E-state index in [1.54, 1.807) is 17.7 Å². The summed E-state index contributed by atoms with van der Waals surface area (Å²) < 4.78 is 14.0. The summed E-state index contributed by atoms with van der Waals surface area (Å²) in [7, 11) is 0. The molecule has 186 valence electrons. The molecule has 0 aliphatic heterocycles. The van der Waals surface area contributed by atoms with Crippen LogP contribution < -0.4 is 4.90 Å². The Balaban J connectivity index is 1.33. The Hall–Kier alpha value is -4.43. The van der Waals surface area contributed by atoms with Crippen LogP contribution in [0.15, 0.2) is 127 Å². The topological polar surface area (TPSA) is 3.24 Å². The van der Waals surface area contributed by atoms with E-state index in [2.05, 4.69) is 102 Å². The van der Waals surface area contributed by atoms with Crippen LogP contribution in [-0.4, -0.2) is 6.04 Å². The fourth-order valence-electron chi connectivity index (χ4n) is 8.21. The molecular weight excluding hydrogens is 477 g/mol. The Kier molecular flexibility index (Phi) is 4.17. The predicted octanol–water partition coefficient (Wildman–Crippen LogP) is 8.99. The predicted molar refractivity (Wildman–Crippen MR) is 157 cm³/mol. The molecule has 5 aliphatic carbocycles. The first-order chi connectivity index (χ1) is 19.3. The summed E-state index contributed by atoms with van der Waals surface area (Å²) in [4.78, 5) is 2.38. The Bertz CT molecular complexity index is 1840. The van der Waals surface area contributed by atoms with Crippen molar-refractivity contribution in [2.24, 2.45) is 0 Å². The van der Waals surface area contributed by atoms with Crippen molar-refractivity contribution < 1.29 is 4.39 Å². The minimum atomic E-state index is -0.241. The summed E-state index contributed by atoms with van der Waals surface area (Å²) in [5, 5.41) is 0. The van der Waals surface area contributed by atoms with Gasteiger partial charge in [0.15, 0.2) is 0 Å². The molecule has 1 unspecified atom stereocenters. The van der Waals surface area contributed by atoms with Crippen molar-refractivity contribution in [2.45, 2.75) is 30.2 Å². The molecule has 0 bridgehead atoms. The molecule has 0 radical (unpaired) electrons. The van der Waals surface area contributed by atoms with Crippen molar-refractivity contribution in [2.75, 3.05) is 4.90 Å². The molecule has 4 aromatic carbocycles. The van der Waals surface area contributed by atoms with Crippen LogP contribution in [0.25, 0.3) is 16.7 Å². The fraction of sp³-hybridized carbons (Fsp3) is 0.135. The van der Waals surface area contributed by atoms with Gasteiger partial charge < -0.3 is 4.90 Å². The summed E-state index contributed by atoms with van der Waals surface area (Å²) in [6.07, 6.45) is 15.4. The minimum absolute atomic E-state index is 0.162. The lowest BCUT2D eigenvalue weighted by molar-refractivity contribution is 0.627. The Morgan fingerprint density at radius 2 is 1.56 bits per heavy atom. The van der Waals surface area contributed by atoms with Crippen molar-refractivity contribution in [3.63, 3.8) is 0 Å². The molecule has 39 heavy (non-hydrogen) atoms. The summed E-state index contributed by atoms with van der Waals surface area (Å²) in [6, 6.07) is 30.2. The van der Waals surface area contributed by atoms with E-state index in [1.165, 1.54) is 44.5 Å². The second-order valence-electron chi connectivity index (χ2n) is 11.3. The molecule has 5 aliphatic rings. The van der Waals surface area contributed by atoms with Crippen molar-refractivity contribution in [3.8, 4) is 11.1 Å². The molecule has 4 aromatic rings. The number of fused-ring (bicyclic) bond motifs is 5. The second-order valence-corrected chi connectivity index (χ2v) is 11.3. The Morgan fingerprint density at radius 3 is 2.44 bits per heavy atom. The third kappa shape index (κ3) is 2.59. The molecule has 1 spiro atoms. The molecule has 0 heterocycles. The zero-order valence-corrected chi connectivity index (χ0v) is 21.4. The average Bonchev–Trinajstić information content (AvgIpc) is 3.58. The molecule has 0 N–H and O–H groups in total. The van der Waals surface area contributed by atoms with Gasteiger partial charge in [0.25, 0.3) is 0 Å². The first-order valence-corrected chi connectivity index (χ1v) is 13.9. The smallest absolute Gasteiger partial charge is 0.123 e. The van der Waals surface area contributed by atoms with Crippen LogP contribution in [0.5, 0.6) is 0 Å². The quantitative estimate of drug-likeness (QED) is 0.270. The molecule has 0 saturated heterocycles. The molecule has 3 atom stereocenters. The van der Waals surface area contributed by atoms with E-state index >= 15 is 0 Å². The lowest BCUT2D eigenvalue weighted by Gasteiger charge is -2.35. The van der Waals surface area contributed by atoms with Crippen LogP contribution in [0.3, 0.4) is 0 Å². The van der Waals surface area contributed by atoms with Crippen molar-refractivity contribution >= 4 is 16.9 Å². The van der Waals surface area contributed by atoms with E-state index in [0.717, 1.165) is 24.2 Å². The summed E-state index contributed by atoms with van der Waals surface area (Å²) >= 11 is 0. The van der Waals surface area contributed by atoms with Gasteiger partial charge in [-0.15, -0.1) is 0 Å². The van der Waals surface area contributed by atoms with E-state index in [9.17, 15) is 4.39 Å². The third-order valence-corrected chi connectivity index (χ3v) is 9.54. The van der Waals surface area contributed by atoms with Gasteiger partial charge >= 0.3 is 0 Å². The van der Waals surface area contributed by atoms with Gasteiger partial charge in [-0.05, 0) is 99.3 Å². The van der Waals surface area contributed by atoms with Crippen LogP contribution in [0, 0.1) is 5.82 Å². The van der Waals surface area contributed by atoms with Crippen LogP contribution in [0.4, 0.5) is 15.8 Å². The number of allylic oxidation sites excluding steroid dienone is 6. The summed E-state index contributed by atoms with van der Waals surface area (Å²) in [5.41, 5.74) is 14.8. The van der Waals surface area contributed by atoms with Crippen LogP contribution in [0.2, 0.25) is 0 Å². The third-order valence-electron chi connectivity index (χ3n) is 9.54. The first kappa shape index (κ1) is 21.5. The largest absolute Gasteiger partial charge is 0.334 e. The van der Waals surface area contributed by atoms with E-state index < -0.39 is 0 Å². The zero-order chi connectivity index (χ0) is 25.7. The monoisotopic (exact) mass is 503 g/mol. The molecule has 0 aromatic heterocycles. The standard InChI is InChI=1S/C37H26FN/c38-23-16-18-25(19-17-23)39(24-8-2-1-3-9-24)26-20-21-28-30-12-7-14-32-31-13-6-11-29-27-10-4-5-15-33(27)37(35(29)31,36(30)32)34(28)22-26/h1-8,10-12,14-22,24,31H,9,13H2/t24-,31+,37?/m0/s1. The van der Waals surface area contributed by atoms with Gasteiger partial charge in [0, 0.05) is 17.3 Å². The molecule has 1 nitrogen and oxygen atoms in total. The number of nitrogens with zero attached hydrogens (tertiary/aromatic N) is 1. The zero-order valence-electron chi connectivity index (χ0n) is 21.4. The van der Waals surface area contributed by atoms with Crippen LogP contribution >= 0.6 is 0 Å². The van der Waals surface area contributed by atoms with E-state index in [0.29, 0.717) is 5.92 Å². The Labute approximate surface area is 227 Å². The van der Waals surface area contributed by atoms with E-state index in [4.69, 9.17) is 0 Å².